The van der Waals surface area contributed by atoms with Crippen molar-refractivity contribution in [1.29, 1.82) is 0 Å². The zero-order valence-corrected chi connectivity index (χ0v) is 20.7. The van der Waals surface area contributed by atoms with Crippen molar-refractivity contribution in [2.75, 3.05) is 11.5 Å². The van der Waals surface area contributed by atoms with Crippen molar-refractivity contribution in [2.24, 2.45) is 0 Å². The van der Waals surface area contributed by atoms with E-state index in [4.69, 9.17) is 9.72 Å². The minimum absolute atomic E-state index is 0.0806. The second-order valence-electron chi connectivity index (χ2n) is 8.60. The minimum Gasteiger partial charge on any atom is -0.507 e. The van der Waals surface area contributed by atoms with Gasteiger partial charge in [0.25, 0.3) is 5.78 Å². The number of carbonyl (C=O) groups is 2. The van der Waals surface area contributed by atoms with Crippen LogP contribution in [-0.4, -0.2) is 28.4 Å². The smallest absolute Gasteiger partial charge is 0.301 e. The number of fused-ring (bicyclic) bond motifs is 1. The molecule has 1 fully saturated rings. The Labute approximate surface area is 211 Å². The first-order valence-electron chi connectivity index (χ1n) is 11.5. The van der Waals surface area contributed by atoms with Crippen LogP contribution in [0.2, 0.25) is 0 Å². The standard InChI is InChI=1S/C28H23FN2O4S/c1-4-35-20-11-7-17(8-12-20)24-22(25(32)18-5-9-19(29)10-6-18)26(33)27(34)31(24)28-30-23-16(3)13-15(2)14-21(23)36-28/h5-14,24,32H,4H2,1-3H3/b25-22+/t24-/m1/s1. The van der Waals surface area contributed by atoms with Crippen LogP contribution in [0.4, 0.5) is 9.52 Å². The molecule has 2 heterocycles. The maximum Gasteiger partial charge on any atom is 0.301 e. The molecular weight excluding hydrogens is 479 g/mol. The zero-order valence-electron chi connectivity index (χ0n) is 19.9. The fraction of sp³-hybridized carbons (Fsp3) is 0.179. The Kier molecular flexibility index (Phi) is 6.05. The number of halogens is 1. The maximum atomic E-state index is 13.5. The maximum absolute atomic E-state index is 13.5. The van der Waals surface area contributed by atoms with E-state index in [1.165, 1.54) is 40.5 Å². The van der Waals surface area contributed by atoms with Crippen molar-refractivity contribution in [3.05, 3.63) is 94.3 Å². The van der Waals surface area contributed by atoms with Crippen LogP contribution in [0.15, 0.2) is 66.2 Å². The number of ketones is 1. The third-order valence-electron chi connectivity index (χ3n) is 6.09. The molecule has 0 bridgehead atoms. The number of aromatic nitrogens is 1. The number of carbonyl (C=O) groups excluding carboxylic acids is 2. The summed E-state index contributed by atoms with van der Waals surface area (Å²) < 4.78 is 19.9. The van der Waals surface area contributed by atoms with Gasteiger partial charge in [0.15, 0.2) is 5.13 Å². The van der Waals surface area contributed by atoms with Crippen LogP contribution in [0, 0.1) is 19.7 Å². The van der Waals surface area contributed by atoms with Crippen LogP contribution in [0.5, 0.6) is 5.75 Å². The number of aliphatic hydroxyl groups excluding tert-OH is 1. The van der Waals surface area contributed by atoms with Crippen LogP contribution in [0.25, 0.3) is 16.0 Å². The van der Waals surface area contributed by atoms with E-state index >= 15 is 0 Å². The monoisotopic (exact) mass is 502 g/mol. The van der Waals surface area contributed by atoms with Crippen LogP contribution in [0.1, 0.15) is 35.2 Å². The van der Waals surface area contributed by atoms with Crippen LogP contribution >= 0.6 is 11.3 Å². The van der Waals surface area contributed by atoms with Gasteiger partial charge in [0, 0.05) is 5.56 Å². The van der Waals surface area contributed by atoms with Crippen molar-refractivity contribution in [1.82, 2.24) is 4.98 Å². The predicted octanol–water partition coefficient (Wildman–Crippen LogP) is 6.08. The molecule has 36 heavy (non-hydrogen) atoms. The Morgan fingerprint density at radius 1 is 1.08 bits per heavy atom. The molecule has 8 heteroatoms. The van der Waals surface area contributed by atoms with E-state index in [-0.39, 0.29) is 16.9 Å². The summed E-state index contributed by atoms with van der Waals surface area (Å²) >= 11 is 1.31. The molecule has 4 aromatic rings. The molecule has 0 aliphatic carbocycles. The van der Waals surface area contributed by atoms with Crippen molar-refractivity contribution < 1.29 is 23.8 Å². The lowest BCUT2D eigenvalue weighted by Crippen LogP contribution is -2.29. The molecule has 0 spiro atoms. The molecule has 1 aliphatic rings. The van der Waals surface area contributed by atoms with Gasteiger partial charge in [-0.1, -0.05) is 29.5 Å². The summed E-state index contributed by atoms with van der Waals surface area (Å²) in [7, 11) is 0. The van der Waals surface area contributed by atoms with Crippen molar-refractivity contribution in [2.45, 2.75) is 26.8 Å². The average Bonchev–Trinajstić information content (AvgIpc) is 3.38. The third-order valence-corrected chi connectivity index (χ3v) is 7.10. The van der Waals surface area contributed by atoms with Crippen molar-refractivity contribution in [3.8, 4) is 5.75 Å². The number of hydrogen-bond donors (Lipinski definition) is 1. The van der Waals surface area contributed by atoms with Gasteiger partial charge in [-0.05, 0) is 79.9 Å². The van der Waals surface area contributed by atoms with Crippen LogP contribution < -0.4 is 9.64 Å². The molecule has 1 atom stereocenters. The molecule has 5 rings (SSSR count). The van der Waals surface area contributed by atoms with Crippen LogP contribution in [0.3, 0.4) is 0 Å². The largest absolute Gasteiger partial charge is 0.507 e. The van der Waals surface area contributed by atoms with E-state index in [0.717, 1.165) is 21.3 Å². The van der Waals surface area contributed by atoms with E-state index in [9.17, 15) is 19.1 Å². The summed E-state index contributed by atoms with van der Waals surface area (Å²) in [4.78, 5) is 32.8. The molecular formula is C28H23FN2O4S. The van der Waals surface area contributed by atoms with Gasteiger partial charge in [-0.3, -0.25) is 14.5 Å². The van der Waals surface area contributed by atoms with Crippen molar-refractivity contribution in [3.63, 3.8) is 0 Å². The molecule has 1 N–H and O–H groups in total. The van der Waals surface area contributed by atoms with Gasteiger partial charge < -0.3 is 9.84 Å². The number of aliphatic hydroxyl groups is 1. The fourth-order valence-corrected chi connectivity index (χ4v) is 5.65. The van der Waals surface area contributed by atoms with E-state index in [1.54, 1.807) is 24.3 Å². The van der Waals surface area contributed by atoms with Gasteiger partial charge in [-0.25, -0.2) is 9.37 Å². The van der Waals surface area contributed by atoms with Crippen LogP contribution in [-0.2, 0) is 9.59 Å². The summed E-state index contributed by atoms with van der Waals surface area (Å²) in [6.07, 6.45) is 0. The summed E-state index contributed by atoms with van der Waals surface area (Å²) in [5.74, 6) is -1.82. The molecule has 0 saturated carbocycles. The highest BCUT2D eigenvalue weighted by Gasteiger charge is 2.48. The Bertz CT molecular complexity index is 1520. The zero-order chi connectivity index (χ0) is 25.6. The molecule has 3 aromatic carbocycles. The Morgan fingerprint density at radius 3 is 2.44 bits per heavy atom. The van der Waals surface area contributed by atoms with E-state index in [1.807, 2.05) is 32.9 Å². The summed E-state index contributed by atoms with van der Waals surface area (Å²) in [5, 5.41) is 11.5. The SMILES string of the molecule is CCOc1ccc([C@@H]2/C(=C(\O)c3ccc(F)cc3)C(=O)C(=O)N2c2nc3c(C)cc(C)cc3s2)cc1. The summed E-state index contributed by atoms with van der Waals surface area (Å²) in [6, 6.07) is 15.2. The summed E-state index contributed by atoms with van der Waals surface area (Å²) in [6.45, 7) is 6.31. The van der Waals surface area contributed by atoms with Gasteiger partial charge in [0.05, 0.1) is 28.4 Å². The van der Waals surface area contributed by atoms with Gasteiger partial charge in [-0.2, -0.15) is 0 Å². The van der Waals surface area contributed by atoms with E-state index < -0.39 is 23.5 Å². The molecule has 1 aromatic heterocycles. The van der Waals surface area contributed by atoms with Gasteiger partial charge in [0.2, 0.25) is 0 Å². The predicted molar refractivity (Wildman–Crippen MR) is 138 cm³/mol. The lowest BCUT2D eigenvalue weighted by Gasteiger charge is -2.23. The number of benzene rings is 3. The molecule has 1 saturated heterocycles. The van der Waals surface area contributed by atoms with Gasteiger partial charge in [-0.15, -0.1) is 0 Å². The molecule has 6 nitrogen and oxygen atoms in total. The average molecular weight is 503 g/mol. The van der Waals surface area contributed by atoms with E-state index in [2.05, 4.69) is 0 Å². The molecule has 0 radical (unpaired) electrons. The Hall–Kier alpha value is -4.04. The number of amides is 1. The highest BCUT2D eigenvalue weighted by Crippen LogP contribution is 2.45. The highest BCUT2D eigenvalue weighted by molar-refractivity contribution is 7.22. The number of hydrogen-bond acceptors (Lipinski definition) is 6. The third kappa shape index (κ3) is 4.03. The van der Waals surface area contributed by atoms with Gasteiger partial charge in [0.1, 0.15) is 17.3 Å². The number of aryl methyl sites for hydroxylation is 2. The second kappa shape index (κ2) is 9.20. The number of thiazole rings is 1. The first-order valence-corrected chi connectivity index (χ1v) is 12.3. The highest BCUT2D eigenvalue weighted by atomic mass is 32.1. The normalized spacial score (nSPS) is 17.2. The molecule has 1 aliphatic heterocycles. The van der Waals surface area contributed by atoms with E-state index in [0.29, 0.717) is 23.1 Å². The number of rotatable bonds is 5. The molecule has 182 valence electrons. The fourth-order valence-electron chi connectivity index (χ4n) is 4.48. The quantitative estimate of drug-likeness (QED) is 0.203. The number of ether oxygens (including phenoxy) is 1. The topological polar surface area (TPSA) is 79.7 Å². The number of Topliss-reactive ketones (excluding diaryl/α,β-unsaturated/α-hetero) is 1. The van der Waals surface area contributed by atoms with Crippen molar-refractivity contribution >= 4 is 44.1 Å². The molecule has 1 amide bonds. The molecule has 0 unspecified atom stereocenters. The van der Waals surface area contributed by atoms with Gasteiger partial charge >= 0.3 is 5.91 Å². The lowest BCUT2D eigenvalue weighted by molar-refractivity contribution is -0.132. The Balaban J connectivity index is 1.71. The lowest BCUT2D eigenvalue weighted by atomic mass is 9.95. The first kappa shape index (κ1) is 23.7. The first-order chi connectivity index (χ1) is 17.3. The summed E-state index contributed by atoms with van der Waals surface area (Å²) in [5.41, 5.74) is 3.55. The second-order valence-corrected chi connectivity index (χ2v) is 9.61. The number of nitrogens with zero attached hydrogens (tertiary/aromatic N) is 2. The minimum atomic E-state index is -0.923. The number of anilines is 1. The Morgan fingerprint density at radius 2 is 1.78 bits per heavy atom.